The Labute approximate surface area is 109 Å². The largest absolute Gasteiger partial charge is 0.480 e. The van der Waals surface area contributed by atoms with Crippen molar-refractivity contribution in [2.45, 2.75) is 32.9 Å². The maximum Gasteiger partial charge on any atom is 0.320 e. The van der Waals surface area contributed by atoms with Crippen molar-refractivity contribution in [1.82, 2.24) is 5.32 Å². The maximum absolute atomic E-state index is 13.0. The molecule has 1 unspecified atom stereocenters. The van der Waals surface area contributed by atoms with Gasteiger partial charge in [-0.1, -0.05) is 13.8 Å². The fourth-order valence-corrected chi connectivity index (χ4v) is 1.69. The molecule has 0 amide bonds. The second-order valence-electron chi connectivity index (χ2n) is 4.77. The lowest BCUT2D eigenvalue weighted by Crippen LogP contribution is -2.37. The van der Waals surface area contributed by atoms with Gasteiger partial charge in [-0.15, -0.1) is 0 Å². The van der Waals surface area contributed by atoms with Gasteiger partial charge >= 0.3 is 5.97 Å². The SMILES string of the molecule is CC(C)CC(NCc1cc(F)c(F)c(F)c1)C(=O)O. The molecule has 0 saturated heterocycles. The molecule has 6 heteroatoms. The van der Waals surface area contributed by atoms with Crippen LogP contribution in [0.5, 0.6) is 0 Å². The van der Waals surface area contributed by atoms with Crippen molar-refractivity contribution < 1.29 is 23.1 Å². The average molecular weight is 275 g/mol. The van der Waals surface area contributed by atoms with Crippen LogP contribution in [0.15, 0.2) is 12.1 Å². The fourth-order valence-electron chi connectivity index (χ4n) is 1.69. The van der Waals surface area contributed by atoms with Crippen LogP contribution in [-0.2, 0) is 11.3 Å². The third-order valence-corrected chi connectivity index (χ3v) is 2.60. The summed E-state index contributed by atoms with van der Waals surface area (Å²) in [7, 11) is 0. The first kappa shape index (κ1) is 15.5. The number of carboxylic acids is 1. The normalized spacial score (nSPS) is 12.7. The predicted octanol–water partition coefficient (Wildman–Crippen LogP) is 2.69. The van der Waals surface area contributed by atoms with Crippen molar-refractivity contribution >= 4 is 5.97 Å². The Morgan fingerprint density at radius 1 is 1.26 bits per heavy atom. The van der Waals surface area contributed by atoms with Crippen molar-refractivity contribution in [2.24, 2.45) is 5.92 Å². The van der Waals surface area contributed by atoms with Crippen LogP contribution in [0.2, 0.25) is 0 Å². The Balaban J connectivity index is 2.72. The van der Waals surface area contributed by atoms with Gasteiger partial charge in [0.2, 0.25) is 0 Å². The van der Waals surface area contributed by atoms with Crippen LogP contribution >= 0.6 is 0 Å². The highest BCUT2D eigenvalue weighted by Crippen LogP contribution is 2.14. The second-order valence-corrected chi connectivity index (χ2v) is 4.77. The van der Waals surface area contributed by atoms with Gasteiger partial charge in [-0.3, -0.25) is 4.79 Å². The highest BCUT2D eigenvalue weighted by molar-refractivity contribution is 5.73. The van der Waals surface area contributed by atoms with Gasteiger partial charge in [0.05, 0.1) is 0 Å². The van der Waals surface area contributed by atoms with Crippen LogP contribution in [0.4, 0.5) is 13.2 Å². The number of carboxylic acid groups (broad SMARTS) is 1. The third kappa shape index (κ3) is 4.55. The molecule has 19 heavy (non-hydrogen) atoms. The van der Waals surface area contributed by atoms with Gasteiger partial charge < -0.3 is 10.4 Å². The van der Waals surface area contributed by atoms with E-state index in [1.165, 1.54) is 0 Å². The molecule has 0 saturated carbocycles. The van der Waals surface area contributed by atoms with Gasteiger partial charge in [-0.2, -0.15) is 0 Å². The number of halogens is 3. The molecule has 0 aliphatic heterocycles. The van der Waals surface area contributed by atoms with Gasteiger partial charge in [-0.05, 0) is 30.0 Å². The zero-order valence-electron chi connectivity index (χ0n) is 10.7. The molecule has 0 radical (unpaired) electrons. The molecule has 0 heterocycles. The van der Waals surface area contributed by atoms with Crippen LogP contribution in [-0.4, -0.2) is 17.1 Å². The summed E-state index contributed by atoms with van der Waals surface area (Å²) in [4.78, 5) is 11.0. The van der Waals surface area contributed by atoms with Gasteiger partial charge in [0.15, 0.2) is 17.5 Å². The highest BCUT2D eigenvalue weighted by atomic mass is 19.2. The molecule has 0 aliphatic rings. The first-order valence-corrected chi connectivity index (χ1v) is 5.91. The minimum absolute atomic E-state index is 0.0438. The number of aliphatic carboxylic acids is 1. The highest BCUT2D eigenvalue weighted by Gasteiger charge is 2.18. The summed E-state index contributed by atoms with van der Waals surface area (Å²) in [6.07, 6.45) is 0.390. The van der Waals surface area contributed by atoms with E-state index in [0.29, 0.717) is 6.42 Å². The van der Waals surface area contributed by atoms with E-state index in [-0.39, 0.29) is 18.0 Å². The summed E-state index contributed by atoms with van der Waals surface area (Å²) < 4.78 is 38.7. The number of carbonyl (C=O) groups is 1. The zero-order valence-corrected chi connectivity index (χ0v) is 10.7. The fraction of sp³-hybridized carbons (Fsp3) is 0.462. The Kier molecular flexibility index (Phi) is 5.35. The van der Waals surface area contributed by atoms with Crippen LogP contribution in [0.1, 0.15) is 25.8 Å². The standard InChI is InChI=1S/C13H16F3NO2/c1-7(2)3-11(13(18)19)17-6-8-4-9(14)12(16)10(15)5-8/h4-5,7,11,17H,3,6H2,1-2H3,(H,18,19). The minimum atomic E-state index is -1.53. The van der Waals surface area contributed by atoms with Crippen LogP contribution in [0, 0.1) is 23.4 Å². The molecule has 0 spiro atoms. The van der Waals surface area contributed by atoms with Gasteiger partial charge in [0.25, 0.3) is 0 Å². The first-order valence-electron chi connectivity index (χ1n) is 5.91. The molecular weight excluding hydrogens is 259 g/mol. The smallest absolute Gasteiger partial charge is 0.320 e. The molecule has 2 N–H and O–H groups in total. The topological polar surface area (TPSA) is 49.3 Å². The molecule has 0 fully saturated rings. The molecule has 1 aromatic carbocycles. The Morgan fingerprint density at radius 2 is 1.79 bits per heavy atom. The Bertz CT molecular complexity index is 440. The number of nitrogens with one attached hydrogen (secondary N) is 1. The number of rotatable bonds is 6. The monoisotopic (exact) mass is 275 g/mol. The molecule has 3 nitrogen and oxygen atoms in total. The lowest BCUT2D eigenvalue weighted by atomic mass is 10.0. The maximum atomic E-state index is 13.0. The van der Waals surface area contributed by atoms with E-state index in [2.05, 4.69) is 5.32 Å². The summed E-state index contributed by atoms with van der Waals surface area (Å²) in [5, 5.41) is 11.7. The Morgan fingerprint density at radius 3 is 2.21 bits per heavy atom. The molecular formula is C13H16F3NO2. The van der Waals surface area contributed by atoms with Crippen molar-refractivity contribution in [3.05, 3.63) is 35.1 Å². The van der Waals surface area contributed by atoms with E-state index in [0.717, 1.165) is 12.1 Å². The lowest BCUT2D eigenvalue weighted by molar-refractivity contribution is -0.140. The first-order chi connectivity index (χ1) is 8.81. The predicted molar refractivity (Wildman–Crippen MR) is 64.0 cm³/mol. The zero-order chi connectivity index (χ0) is 14.6. The summed E-state index contributed by atoms with van der Waals surface area (Å²) in [5.74, 6) is -4.96. The van der Waals surface area contributed by atoms with Crippen LogP contribution < -0.4 is 5.32 Å². The van der Waals surface area contributed by atoms with Gasteiger partial charge in [0.1, 0.15) is 6.04 Å². The molecule has 1 atom stereocenters. The second kappa shape index (κ2) is 6.56. The molecule has 0 aliphatic carbocycles. The van der Waals surface area contributed by atoms with E-state index < -0.39 is 29.5 Å². The molecule has 106 valence electrons. The molecule has 1 aromatic rings. The van der Waals surface area contributed by atoms with Gasteiger partial charge in [-0.25, -0.2) is 13.2 Å². The van der Waals surface area contributed by atoms with Crippen LogP contribution in [0.3, 0.4) is 0 Å². The van der Waals surface area contributed by atoms with Gasteiger partial charge in [0, 0.05) is 6.54 Å². The molecule has 1 rings (SSSR count). The lowest BCUT2D eigenvalue weighted by Gasteiger charge is -2.16. The minimum Gasteiger partial charge on any atom is -0.480 e. The van der Waals surface area contributed by atoms with Crippen molar-refractivity contribution in [2.75, 3.05) is 0 Å². The van der Waals surface area contributed by atoms with E-state index in [9.17, 15) is 18.0 Å². The average Bonchev–Trinajstić information content (AvgIpc) is 2.30. The quantitative estimate of drug-likeness (QED) is 0.785. The van der Waals surface area contributed by atoms with E-state index in [1.54, 1.807) is 0 Å². The van der Waals surface area contributed by atoms with E-state index in [1.807, 2.05) is 13.8 Å². The number of hydrogen-bond acceptors (Lipinski definition) is 2. The summed E-state index contributed by atoms with van der Waals surface area (Å²) in [6.45, 7) is 3.70. The van der Waals surface area contributed by atoms with E-state index >= 15 is 0 Å². The number of benzene rings is 1. The molecule has 0 aromatic heterocycles. The summed E-state index contributed by atoms with van der Waals surface area (Å²) >= 11 is 0. The van der Waals surface area contributed by atoms with Crippen molar-refractivity contribution in [3.8, 4) is 0 Å². The molecule has 0 bridgehead atoms. The number of hydrogen-bond donors (Lipinski definition) is 2. The third-order valence-electron chi connectivity index (χ3n) is 2.60. The summed E-state index contributed by atoms with van der Waals surface area (Å²) in [5.41, 5.74) is 0.159. The van der Waals surface area contributed by atoms with Crippen molar-refractivity contribution in [1.29, 1.82) is 0 Å². The van der Waals surface area contributed by atoms with E-state index in [4.69, 9.17) is 5.11 Å². The summed E-state index contributed by atoms with van der Waals surface area (Å²) in [6, 6.07) is 0.885. The van der Waals surface area contributed by atoms with Crippen LogP contribution in [0.25, 0.3) is 0 Å². The van der Waals surface area contributed by atoms with Crippen molar-refractivity contribution in [3.63, 3.8) is 0 Å². The Hall–Kier alpha value is -1.56.